The number of carboxylic acids is 1. The van der Waals surface area contributed by atoms with Gasteiger partial charge >= 0.3 is 5.97 Å². The number of carboxylic acid groups (broad SMARTS) is 1. The maximum Gasteiger partial charge on any atom is 0.339 e. The SMILES string of the molecule is CN(Cc1occc1C(=O)O)C1CCC(C)(C)CC1. The van der Waals surface area contributed by atoms with Crippen LogP contribution < -0.4 is 0 Å². The highest BCUT2D eigenvalue weighted by atomic mass is 16.4. The maximum atomic E-state index is 11.0. The van der Waals surface area contributed by atoms with Crippen LogP contribution in [-0.2, 0) is 6.54 Å². The minimum Gasteiger partial charge on any atom is -0.478 e. The van der Waals surface area contributed by atoms with E-state index in [0.717, 1.165) is 0 Å². The van der Waals surface area contributed by atoms with Gasteiger partial charge in [-0.15, -0.1) is 0 Å². The first-order valence-corrected chi connectivity index (χ1v) is 6.89. The third kappa shape index (κ3) is 3.38. The fourth-order valence-corrected chi connectivity index (χ4v) is 2.83. The molecule has 1 fully saturated rings. The molecule has 1 aliphatic rings. The summed E-state index contributed by atoms with van der Waals surface area (Å²) in [5, 5.41) is 9.07. The molecule has 0 radical (unpaired) electrons. The van der Waals surface area contributed by atoms with Gasteiger partial charge in [0.15, 0.2) is 0 Å². The summed E-state index contributed by atoms with van der Waals surface area (Å²) in [5.74, 6) is -0.359. The predicted octanol–water partition coefficient (Wildman–Crippen LogP) is 3.38. The monoisotopic (exact) mass is 265 g/mol. The second-order valence-electron chi connectivity index (χ2n) is 6.37. The molecule has 2 rings (SSSR count). The Bertz CT molecular complexity index is 440. The third-order valence-electron chi connectivity index (χ3n) is 4.30. The van der Waals surface area contributed by atoms with Gasteiger partial charge in [0.1, 0.15) is 11.3 Å². The van der Waals surface area contributed by atoms with E-state index < -0.39 is 5.97 Å². The van der Waals surface area contributed by atoms with Crippen molar-refractivity contribution in [2.24, 2.45) is 5.41 Å². The molecule has 0 bridgehead atoms. The minimum atomic E-state index is -0.915. The molecule has 1 heterocycles. The number of rotatable bonds is 4. The quantitative estimate of drug-likeness (QED) is 0.906. The smallest absolute Gasteiger partial charge is 0.339 e. The Kier molecular flexibility index (Phi) is 3.99. The molecule has 106 valence electrons. The van der Waals surface area contributed by atoms with E-state index in [4.69, 9.17) is 9.52 Å². The molecule has 1 N–H and O–H groups in total. The van der Waals surface area contributed by atoms with Crippen molar-refractivity contribution < 1.29 is 14.3 Å². The number of nitrogens with zero attached hydrogens (tertiary/aromatic N) is 1. The summed E-state index contributed by atoms with van der Waals surface area (Å²) in [6, 6.07) is 2.05. The van der Waals surface area contributed by atoms with Crippen molar-refractivity contribution in [1.82, 2.24) is 4.90 Å². The lowest BCUT2D eigenvalue weighted by Crippen LogP contribution is -2.36. The summed E-state index contributed by atoms with van der Waals surface area (Å²) in [5.41, 5.74) is 0.733. The van der Waals surface area contributed by atoms with Crippen LogP contribution in [0.2, 0.25) is 0 Å². The van der Waals surface area contributed by atoms with Gasteiger partial charge in [-0.25, -0.2) is 4.79 Å². The Hall–Kier alpha value is -1.29. The van der Waals surface area contributed by atoms with Crippen molar-refractivity contribution >= 4 is 5.97 Å². The predicted molar refractivity (Wildman–Crippen MR) is 73.2 cm³/mol. The molecule has 0 unspecified atom stereocenters. The van der Waals surface area contributed by atoms with Crippen molar-refractivity contribution in [2.75, 3.05) is 7.05 Å². The van der Waals surface area contributed by atoms with Gasteiger partial charge in [0.2, 0.25) is 0 Å². The van der Waals surface area contributed by atoms with E-state index in [0.29, 0.717) is 23.8 Å². The Morgan fingerprint density at radius 1 is 1.47 bits per heavy atom. The molecular formula is C15H23NO3. The summed E-state index contributed by atoms with van der Waals surface area (Å²) in [6.07, 6.45) is 6.26. The Morgan fingerprint density at radius 3 is 2.68 bits per heavy atom. The van der Waals surface area contributed by atoms with Gasteiger partial charge in [0, 0.05) is 6.04 Å². The number of carbonyl (C=O) groups is 1. The first kappa shape index (κ1) is 14.1. The van der Waals surface area contributed by atoms with Crippen LogP contribution in [0, 0.1) is 5.41 Å². The molecule has 0 atom stereocenters. The van der Waals surface area contributed by atoms with Gasteiger partial charge in [-0.1, -0.05) is 13.8 Å². The lowest BCUT2D eigenvalue weighted by Gasteiger charge is -2.38. The van der Waals surface area contributed by atoms with E-state index in [2.05, 4.69) is 25.8 Å². The van der Waals surface area contributed by atoms with Crippen LogP contribution in [0.25, 0.3) is 0 Å². The summed E-state index contributed by atoms with van der Waals surface area (Å²) < 4.78 is 5.31. The highest BCUT2D eigenvalue weighted by Gasteiger charge is 2.29. The zero-order valence-electron chi connectivity index (χ0n) is 12.0. The first-order chi connectivity index (χ1) is 8.89. The normalized spacial score (nSPS) is 19.8. The van der Waals surface area contributed by atoms with Crippen LogP contribution in [0.15, 0.2) is 16.7 Å². The number of aromatic carboxylic acids is 1. The van der Waals surface area contributed by atoms with E-state index in [1.54, 1.807) is 0 Å². The van der Waals surface area contributed by atoms with Crippen molar-refractivity contribution in [2.45, 2.75) is 52.1 Å². The Labute approximate surface area is 114 Å². The van der Waals surface area contributed by atoms with E-state index in [9.17, 15) is 4.79 Å². The fourth-order valence-electron chi connectivity index (χ4n) is 2.83. The number of hydrogen-bond donors (Lipinski definition) is 1. The molecule has 19 heavy (non-hydrogen) atoms. The summed E-state index contributed by atoms with van der Waals surface area (Å²) in [7, 11) is 2.05. The Morgan fingerprint density at radius 2 is 2.11 bits per heavy atom. The highest BCUT2D eigenvalue weighted by Crippen LogP contribution is 2.36. The lowest BCUT2D eigenvalue weighted by molar-refractivity contribution is 0.0690. The lowest BCUT2D eigenvalue weighted by atomic mass is 9.75. The zero-order chi connectivity index (χ0) is 14.0. The van der Waals surface area contributed by atoms with Gasteiger partial charge in [0.25, 0.3) is 0 Å². The topological polar surface area (TPSA) is 53.7 Å². The molecule has 1 aromatic heterocycles. The molecule has 0 aromatic carbocycles. The summed E-state index contributed by atoms with van der Waals surface area (Å²) in [6.45, 7) is 5.20. The summed E-state index contributed by atoms with van der Waals surface area (Å²) >= 11 is 0. The van der Waals surface area contributed by atoms with Gasteiger partial charge in [-0.2, -0.15) is 0 Å². The van der Waals surface area contributed by atoms with Crippen molar-refractivity contribution in [3.63, 3.8) is 0 Å². The maximum absolute atomic E-state index is 11.0. The second-order valence-corrected chi connectivity index (χ2v) is 6.37. The minimum absolute atomic E-state index is 0.281. The van der Waals surface area contributed by atoms with Gasteiger partial charge in [0.05, 0.1) is 12.8 Å². The molecule has 4 nitrogen and oxygen atoms in total. The fraction of sp³-hybridized carbons (Fsp3) is 0.667. The van der Waals surface area contributed by atoms with Gasteiger partial charge in [-0.3, -0.25) is 4.90 Å². The van der Waals surface area contributed by atoms with Gasteiger partial charge in [-0.05, 0) is 44.2 Å². The van der Waals surface area contributed by atoms with Crippen molar-refractivity contribution in [3.05, 3.63) is 23.7 Å². The second kappa shape index (κ2) is 5.37. The van der Waals surface area contributed by atoms with Crippen LogP contribution in [-0.4, -0.2) is 29.1 Å². The number of hydrogen-bond acceptors (Lipinski definition) is 3. The van der Waals surface area contributed by atoms with Crippen molar-refractivity contribution in [3.8, 4) is 0 Å². The number of furan rings is 1. The van der Waals surface area contributed by atoms with E-state index >= 15 is 0 Å². The third-order valence-corrected chi connectivity index (χ3v) is 4.30. The van der Waals surface area contributed by atoms with E-state index in [1.165, 1.54) is 38.0 Å². The molecular weight excluding hydrogens is 242 g/mol. The average molecular weight is 265 g/mol. The van der Waals surface area contributed by atoms with Crippen molar-refractivity contribution in [1.29, 1.82) is 0 Å². The standard InChI is InChI=1S/C15H23NO3/c1-15(2)7-4-11(5-8-15)16(3)10-13-12(14(17)18)6-9-19-13/h6,9,11H,4-5,7-8,10H2,1-3H3,(H,17,18). The van der Waals surface area contributed by atoms with Crippen LogP contribution in [0.3, 0.4) is 0 Å². The van der Waals surface area contributed by atoms with E-state index in [1.807, 2.05) is 0 Å². The molecule has 1 aromatic rings. The molecule has 0 aliphatic heterocycles. The van der Waals surface area contributed by atoms with Crippen LogP contribution in [0.1, 0.15) is 55.6 Å². The summed E-state index contributed by atoms with van der Waals surface area (Å²) in [4.78, 5) is 13.3. The molecule has 0 spiro atoms. The van der Waals surface area contributed by atoms with Gasteiger partial charge < -0.3 is 9.52 Å². The molecule has 0 saturated heterocycles. The highest BCUT2D eigenvalue weighted by molar-refractivity contribution is 5.88. The zero-order valence-corrected chi connectivity index (χ0v) is 12.0. The molecule has 0 amide bonds. The molecule has 1 saturated carbocycles. The van der Waals surface area contributed by atoms with E-state index in [-0.39, 0.29) is 5.56 Å². The Balaban J connectivity index is 1.96. The molecule has 1 aliphatic carbocycles. The van der Waals surface area contributed by atoms with Crippen LogP contribution >= 0.6 is 0 Å². The average Bonchev–Trinajstić information content (AvgIpc) is 2.77. The van der Waals surface area contributed by atoms with Crippen LogP contribution in [0.4, 0.5) is 0 Å². The first-order valence-electron chi connectivity index (χ1n) is 6.89. The largest absolute Gasteiger partial charge is 0.478 e. The van der Waals surface area contributed by atoms with Crippen LogP contribution in [0.5, 0.6) is 0 Å². The molecule has 4 heteroatoms.